The lowest BCUT2D eigenvalue weighted by atomic mass is 10.2. The molecule has 1 unspecified atom stereocenters. The minimum Gasteiger partial charge on any atom is -0.495 e. The van der Waals surface area contributed by atoms with Crippen molar-refractivity contribution in [3.63, 3.8) is 0 Å². The van der Waals surface area contributed by atoms with Crippen molar-refractivity contribution < 1.29 is 22.7 Å². The van der Waals surface area contributed by atoms with Crippen molar-refractivity contribution in [3.8, 4) is 5.75 Å². The Balaban J connectivity index is 1.53. The van der Waals surface area contributed by atoms with E-state index < -0.39 is 16.1 Å². The zero-order valence-corrected chi connectivity index (χ0v) is 17.9. The number of nitrogens with one attached hydrogen (secondary N) is 1. The molecule has 0 spiro atoms. The summed E-state index contributed by atoms with van der Waals surface area (Å²) in [6, 6.07) is 5.12. The molecule has 2 aliphatic heterocycles. The quantitative estimate of drug-likeness (QED) is 0.771. The minimum atomic E-state index is -3.72. The molecule has 1 aromatic heterocycles. The molecule has 0 aliphatic carbocycles. The number of amides is 1. The number of benzene rings is 1. The van der Waals surface area contributed by atoms with Gasteiger partial charge in [-0.25, -0.2) is 13.4 Å². The van der Waals surface area contributed by atoms with Gasteiger partial charge < -0.3 is 9.47 Å². The van der Waals surface area contributed by atoms with Crippen LogP contribution in [-0.2, 0) is 32.5 Å². The van der Waals surface area contributed by atoms with E-state index in [-0.39, 0.29) is 17.3 Å². The van der Waals surface area contributed by atoms with Crippen LogP contribution in [0.25, 0.3) is 0 Å². The largest absolute Gasteiger partial charge is 0.495 e. The zero-order valence-electron chi connectivity index (χ0n) is 16.3. The van der Waals surface area contributed by atoms with E-state index in [1.165, 1.54) is 22.8 Å². The second kappa shape index (κ2) is 8.02. The Hall–Kier alpha value is -2.01. The molecular weight excluding hydrogens is 414 g/mol. The first-order valence-electron chi connectivity index (χ1n) is 9.44. The number of anilines is 1. The van der Waals surface area contributed by atoms with Gasteiger partial charge in [0, 0.05) is 24.4 Å². The van der Waals surface area contributed by atoms with Gasteiger partial charge >= 0.3 is 0 Å². The van der Waals surface area contributed by atoms with E-state index >= 15 is 0 Å². The summed E-state index contributed by atoms with van der Waals surface area (Å²) in [7, 11) is -2.25. The number of methoxy groups -OCH3 is 1. The average molecular weight is 438 g/mol. The molecule has 0 saturated carbocycles. The van der Waals surface area contributed by atoms with Crippen LogP contribution in [0, 0.1) is 6.92 Å². The van der Waals surface area contributed by atoms with Gasteiger partial charge in [-0.3, -0.25) is 10.1 Å². The molecule has 156 valence electrons. The van der Waals surface area contributed by atoms with Crippen molar-refractivity contribution in [1.82, 2.24) is 9.29 Å². The number of ether oxygens (including phenoxy) is 2. The number of hydrogen-bond acceptors (Lipinski definition) is 7. The number of nitrogens with zero attached hydrogens (tertiary/aromatic N) is 2. The number of aryl methyl sites for hydroxylation is 1. The van der Waals surface area contributed by atoms with E-state index in [0.29, 0.717) is 36.9 Å². The molecule has 1 amide bonds. The fraction of sp³-hybridized carbons (Fsp3) is 0.474. The summed E-state index contributed by atoms with van der Waals surface area (Å²) in [6.45, 7) is 3.00. The lowest BCUT2D eigenvalue weighted by molar-refractivity contribution is -0.124. The summed E-state index contributed by atoms with van der Waals surface area (Å²) in [6.07, 6.45) is 1.65. The van der Waals surface area contributed by atoms with Gasteiger partial charge in [0.05, 0.1) is 19.3 Å². The molecule has 10 heteroatoms. The molecule has 2 aromatic rings. The molecule has 4 rings (SSSR count). The summed E-state index contributed by atoms with van der Waals surface area (Å²) >= 11 is 1.31. The van der Waals surface area contributed by atoms with Crippen LogP contribution < -0.4 is 10.1 Å². The van der Waals surface area contributed by atoms with Gasteiger partial charge in [0.25, 0.3) is 5.91 Å². The van der Waals surface area contributed by atoms with Crippen LogP contribution >= 0.6 is 11.3 Å². The number of aromatic nitrogens is 1. The highest BCUT2D eigenvalue weighted by atomic mass is 32.2. The Morgan fingerprint density at radius 3 is 2.97 bits per heavy atom. The maximum atomic E-state index is 13.2. The molecule has 3 heterocycles. The van der Waals surface area contributed by atoms with Crippen LogP contribution in [0.1, 0.15) is 29.0 Å². The average Bonchev–Trinajstić information content (AvgIpc) is 3.36. The summed E-state index contributed by atoms with van der Waals surface area (Å²) < 4.78 is 38.6. The number of rotatable bonds is 5. The molecule has 1 aromatic carbocycles. The number of fused-ring (bicyclic) bond motifs is 1. The Labute approximate surface area is 173 Å². The van der Waals surface area contributed by atoms with Crippen molar-refractivity contribution in [2.24, 2.45) is 0 Å². The summed E-state index contributed by atoms with van der Waals surface area (Å²) in [5.41, 5.74) is 1.68. The third-order valence-electron chi connectivity index (χ3n) is 5.09. The lowest BCUT2D eigenvalue weighted by Crippen LogP contribution is -2.35. The first kappa shape index (κ1) is 20.3. The van der Waals surface area contributed by atoms with Crippen LogP contribution in [0.15, 0.2) is 23.1 Å². The molecule has 1 fully saturated rings. The number of carbonyl (C=O) groups excluding carboxylic acids is 1. The van der Waals surface area contributed by atoms with Gasteiger partial charge in [0.1, 0.15) is 16.7 Å². The molecule has 0 bridgehead atoms. The minimum absolute atomic E-state index is 0.167. The molecule has 29 heavy (non-hydrogen) atoms. The Bertz CT molecular complexity index is 1030. The van der Waals surface area contributed by atoms with Crippen molar-refractivity contribution in [2.45, 2.75) is 43.7 Å². The van der Waals surface area contributed by atoms with Gasteiger partial charge in [-0.2, -0.15) is 4.31 Å². The summed E-state index contributed by atoms with van der Waals surface area (Å²) in [5.74, 6) is 0.137. The van der Waals surface area contributed by atoms with Crippen molar-refractivity contribution >= 4 is 32.4 Å². The van der Waals surface area contributed by atoms with E-state index in [4.69, 9.17) is 9.47 Å². The van der Waals surface area contributed by atoms with Gasteiger partial charge in [-0.15, -0.1) is 11.3 Å². The standard InChI is InChI=1S/C19H23N3O5S2/c1-12-5-6-14(26-2)17(10-12)29(24,25)22-8-7-13-16(11-22)28-19(20-13)21-18(23)15-4-3-9-27-15/h5-6,10,15H,3-4,7-9,11H2,1-2H3,(H,20,21,23). The monoisotopic (exact) mass is 437 g/mol. The van der Waals surface area contributed by atoms with E-state index in [1.807, 2.05) is 13.0 Å². The van der Waals surface area contributed by atoms with Gasteiger partial charge in [0.2, 0.25) is 10.0 Å². The second-order valence-electron chi connectivity index (χ2n) is 7.12. The fourth-order valence-corrected chi connectivity index (χ4v) is 6.28. The number of carbonyl (C=O) groups is 1. The Kier molecular flexibility index (Phi) is 5.60. The van der Waals surface area contributed by atoms with Crippen molar-refractivity contribution in [1.29, 1.82) is 0 Å². The van der Waals surface area contributed by atoms with E-state index in [0.717, 1.165) is 22.6 Å². The fourth-order valence-electron chi connectivity index (χ4n) is 3.53. The molecular formula is C19H23N3O5S2. The third kappa shape index (κ3) is 4.02. The highest BCUT2D eigenvalue weighted by Gasteiger charge is 2.33. The van der Waals surface area contributed by atoms with Gasteiger partial charge in [-0.1, -0.05) is 6.07 Å². The molecule has 1 N–H and O–H groups in total. The topological polar surface area (TPSA) is 97.8 Å². The highest BCUT2D eigenvalue weighted by molar-refractivity contribution is 7.89. The van der Waals surface area contributed by atoms with Crippen LogP contribution in [0.5, 0.6) is 5.75 Å². The number of hydrogen-bond donors (Lipinski definition) is 1. The molecule has 2 aliphatic rings. The lowest BCUT2D eigenvalue weighted by Gasteiger charge is -2.26. The van der Waals surface area contributed by atoms with Crippen LogP contribution in [0.3, 0.4) is 0 Å². The van der Waals surface area contributed by atoms with E-state index in [2.05, 4.69) is 10.3 Å². The van der Waals surface area contributed by atoms with E-state index in [1.54, 1.807) is 12.1 Å². The molecule has 8 nitrogen and oxygen atoms in total. The smallest absolute Gasteiger partial charge is 0.255 e. The van der Waals surface area contributed by atoms with E-state index in [9.17, 15) is 13.2 Å². The summed E-state index contributed by atoms with van der Waals surface area (Å²) in [4.78, 5) is 17.7. The van der Waals surface area contributed by atoms with Gasteiger partial charge in [-0.05, 0) is 37.5 Å². The van der Waals surface area contributed by atoms with Crippen molar-refractivity contribution in [3.05, 3.63) is 34.3 Å². The van der Waals surface area contributed by atoms with Gasteiger partial charge in [0.15, 0.2) is 5.13 Å². The third-order valence-corrected chi connectivity index (χ3v) is 7.95. The Morgan fingerprint density at radius 2 is 2.24 bits per heavy atom. The second-order valence-corrected chi connectivity index (χ2v) is 10.1. The normalized spacial score (nSPS) is 19.7. The zero-order chi connectivity index (χ0) is 20.6. The predicted molar refractivity (Wildman–Crippen MR) is 109 cm³/mol. The first-order chi connectivity index (χ1) is 13.9. The predicted octanol–water partition coefficient (Wildman–Crippen LogP) is 2.32. The Morgan fingerprint density at radius 1 is 1.41 bits per heavy atom. The van der Waals surface area contributed by atoms with Crippen LogP contribution in [0.2, 0.25) is 0 Å². The number of sulfonamides is 1. The summed E-state index contributed by atoms with van der Waals surface area (Å²) in [5, 5.41) is 3.30. The maximum absolute atomic E-state index is 13.2. The molecule has 0 radical (unpaired) electrons. The SMILES string of the molecule is COc1ccc(C)cc1S(=O)(=O)N1CCc2nc(NC(=O)C3CCCO3)sc2C1. The van der Waals surface area contributed by atoms with Crippen molar-refractivity contribution in [2.75, 3.05) is 25.6 Å². The maximum Gasteiger partial charge on any atom is 0.255 e. The van der Waals surface area contributed by atoms with Crippen LogP contribution in [0.4, 0.5) is 5.13 Å². The van der Waals surface area contributed by atoms with Crippen LogP contribution in [-0.4, -0.2) is 50.0 Å². The molecule has 1 saturated heterocycles. The highest BCUT2D eigenvalue weighted by Crippen LogP contribution is 2.34. The number of thiazole rings is 1. The first-order valence-corrected chi connectivity index (χ1v) is 11.7. The molecule has 1 atom stereocenters.